The van der Waals surface area contributed by atoms with Gasteiger partial charge in [0.15, 0.2) is 0 Å². The molecule has 0 aromatic heterocycles. The van der Waals surface area contributed by atoms with E-state index in [1.165, 1.54) is 32.1 Å². The molecule has 1 saturated carbocycles. The van der Waals surface area contributed by atoms with Gasteiger partial charge in [-0.3, -0.25) is 4.79 Å². The van der Waals surface area contributed by atoms with Crippen LogP contribution in [-0.4, -0.2) is 18.5 Å². The lowest BCUT2D eigenvalue weighted by atomic mass is 9.81. The quantitative estimate of drug-likeness (QED) is 0.774. The highest BCUT2D eigenvalue weighted by Gasteiger charge is 2.22. The summed E-state index contributed by atoms with van der Waals surface area (Å²) >= 11 is 0. The number of hydrogen-bond donors (Lipinski definition) is 2. The van der Waals surface area contributed by atoms with E-state index >= 15 is 0 Å². The molecule has 0 heterocycles. The molecule has 100 valence electrons. The Morgan fingerprint density at radius 3 is 2.24 bits per heavy atom. The minimum absolute atomic E-state index is 0.0117. The Balaban J connectivity index is 2.21. The molecule has 0 saturated heterocycles. The van der Waals surface area contributed by atoms with Crippen LogP contribution in [0.15, 0.2) is 0 Å². The molecule has 1 fully saturated rings. The van der Waals surface area contributed by atoms with E-state index in [-0.39, 0.29) is 17.9 Å². The Morgan fingerprint density at radius 2 is 1.76 bits per heavy atom. The summed E-state index contributed by atoms with van der Waals surface area (Å²) in [6.07, 6.45) is 6.48. The predicted octanol–water partition coefficient (Wildman–Crippen LogP) is 2.30. The minimum atomic E-state index is -0.359. The molecule has 1 rings (SSSR count). The van der Waals surface area contributed by atoms with Gasteiger partial charge in [-0.15, -0.1) is 0 Å². The number of hydrogen-bond acceptors (Lipinski definition) is 2. The van der Waals surface area contributed by atoms with Crippen molar-refractivity contribution in [2.24, 2.45) is 23.5 Å². The van der Waals surface area contributed by atoms with Crippen LogP contribution < -0.4 is 11.1 Å². The van der Waals surface area contributed by atoms with Gasteiger partial charge in [0.1, 0.15) is 0 Å². The van der Waals surface area contributed by atoms with E-state index in [2.05, 4.69) is 12.2 Å². The van der Waals surface area contributed by atoms with E-state index in [4.69, 9.17) is 5.73 Å². The summed E-state index contributed by atoms with van der Waals surface area (Å²) in [5.41, 5.74) is 5.81. The highest BCUT2D eigenvalue weighted by atomic mass is 16.2. The summed E-state index contributed by atoms with van der Waals surface area (Å²) < 4.78 is 0. The number of amides is 1. The fraction of sp³-hybridized carbons (Fsp3) is 0.929. The fourth-order valence-corrected chi connectivity index (χ4v) is 2.51. The lowest BCUT2D eigenvalue weighted by molar-refractivity contribution is -0.123. The van der Waals surface area contributed by atoms with Gasteiger partial charge in [0, 0.05) is 6.54 Å². The monoisotopic (exact) mass is 240 g/mol. The topological polar surface area (TPSA) is 55.1 Å². The van der Waals surface area contributed by atoms with Crippen molar-refractivity contribution in [3.63, 3.8) is 0 Å². The second kappa shape index (κ2) is 7.00. The molecule has 0 radical (unpaired) electrons. The molecule has 0 spiro atoms. The molecule has 3 N–H and O–H groups in total. The molecular weight excluding hydrogens is 212 g/mol. The van der Waals surface area contributed by atoms with Crippen LogP contribution in [0.25, 0.3) is 0 Å². The number of rotatable bonds is 5. The molecule has 1 aliphatic rings. The van der Waals surface area contributed by atoms with Crippen LogP contribution in [-0.2, 0) is 4.79 Å². The van der Waals surface area contributed by atoms with Gasteiger partial charge in [-0.2, -0.15) is 0 Å². The minimum Gasteiger partial charge on any atom is -0.354 e. The highest BCUT2D eigenvalue weighted by Crippen LogP contribution is 2.30. The van der Waals surface area contributed by atoms with Crippen LogP contribution >= 0.6 is 0 Å². The Morgan fingerprint density at radius 1 is 1.24 bits per heavy atom. The van der Waals surface area contributed by atoms with Crippen molar-refractivity contribution in [1.82, 2.24) is 5.32 Å². The van der Waals surface area contributed by atoms with Gasteiger partial charge in [0.05, 0.1) is 6.04 Å². The molecule has 3 nitrogen and oxygen atoms in total. The van der Waals surface area contributed by atoms with Crippen molar-refractivity contribution in [2.75, 3.05) is 6.54 Å². The molecular formula is C14H28N2O. The third kappa shape index (κ3) is 4.66. The molecule has 0 aliphatic heterocycles. The van der Waals surface area contributed by atoms with Gasteiger partial charge in [-0.05, 0) is 30.6 Å². The Bertz CT molecular complexity index is 232. The number of carbonyl (C=O) groups is 1. The van der Waals surface area contributed by atoms with E-state index in [1.807, 2.05) is 13.8 Å². The van der Waals surface area contributed by atoms with E-state index in [1.54, 1.807) is 0 Å². The lowest BCUT2D eigenvalue weighted by Crippen LogP contribution is -2.45. The van der Waals surface area contributed by atoms with Gasteiger partial charge >= 0.3 is 0 Å². The molecule has 17 heavy (non-hydrogen) atoms. The molecule has 0 bridgehead atoms. The van der Waals surface area contributed by atoms with Crippen molar-refractivity contribution in [3.8, 4) is 0 Å². The average Bonchev–Trinajstić information content (AvgIpc) is 2.35. The molecule has 0 aromatic carbocycles. The van der Waals surface area contributed by atoms with E-state index < -0.39 is 0 Å². The number of carbonyl (C=O) groups excluding carboxylic acids is 1. The standard InChI is InChI=1S/C14H28N2O/c1-4-11-5-7-12(8-6-11)9-16-14(17)13(15)10(2)3/h10-13H,4-9,15H2,1-3H3,(H,16,17)/t11?,12?,13-/m1/s1. The van der Waals surface area contributed by atoms with Crippen LogP contribution in [0.1, 0.15) is 52.9 Å². The molecule has 3 heteroatoms. The first kappa shape index (κ1) is 14.5. The molecule has 1 atom stereocenters. The van der Waals surface area contributed by atoms with Crippen molar-refractivity contribution in [2.45, 2.75) is 58.9 Å². The van der Waals surface area contributed by atoms with Crippen LogP contribution in [0.4, 0.5) is 0 Å². The number of nitrogens with two attached hydrogens (primary N) is 1. The van der Waals surface area contributed by atoms with Crippen molar-refractivity contribution >= 4 is 5.91 Å². The Kier molecular flexibility index (Phi) is 5.96. The lowest BCUT2D eigenvalue weighted by Gasteiger charge is -2.28. The van der Waals surface area contributed by atoms with Gasteiger partial charge in [0.2, 0.25) is 5.91 Å². The van der Waals surface area contributed by atoms with Crippen LogP contribution in [0.5, 0.6) is 0 Å². The maximum Gasteiger partial charge on any atom is 0.237 e. The fourth-order valence-electron chi connectivity index (χ4n) is 2.51. The van der Waals surface area contributed by atoms with Crippen LogP contribution in [0.2, 0.25) is 0 Å². The number of nitrogens with one attached hydrogen (secondary N) is 1. The van der Waals surface area contributed by atoms with Gasteiger partial charge in [0.25, 0.3) is 0 Å². The van der Waals surface area contributed by atoms with Crippen LogP contribution in [0.3, 0.4) is 0 Å². The first-order valence-electron chi connectivity index (χ1n) is 7.07. The van der Waals surface area contributed by atoms with E-state index in [0.717, 1.165) is 12.5 Å². The van der Waals surface area contributed by atoms with Gasteiger partial charge in [-0.25, -0.2) is 0 Å². The first-order chi connectivity index (χ1) is 8.04. The zero-order valence-corrected chi connectivity index (χ0v) is 11.5. The summed E-state index contributed by atoms with van der Waals surface area (Å²) in [4.78, 5) is 11.7. The predicted molar refractivity (Wildman–Crippen MR) is 71.6 cm³/mol. The zero-order chi connectivity index (χ0) is 12.8. The largest absolute Gasteiger partial charge is 0.354 e. The summed E-state index contributed by atoms with van der Waals surface area (Å²) in [6, 6.07) is -0.359. The van der Waals surface area contributed by atoms with E-state index in [9.17, 15) is 4.79 Å². The third-order valence-corrected chi connectivity index (χ3v) is 4.13. The maximum atomic E-state index is 11.7. The van der Waals surface area contributed by atoms with E-state index in [0.29, 0.717) is 5.92 Å². The molecule has 0 aromatic rings. The summed E-state index contributed by atoms with van der Waals surface area (Å²) in [7, 11) is 0. The Labute approximate surface area is 106 Å². The first-order valence-corrected chi connectivity index (χ1v) is 7.07. The molecule has 1 aliphatic carbocycles. The smallest absolute Gasteiger partial charge is 0.237 e. The second-order valence-corrected chi connectivity index (χ2v) is 5.81. The summed E-state index contributed by atoms with van der Waals surface area (Å²) in [5.74, 6) is 1.81. The molecule has 0 unspecified atom stereocenters. The second-order valence-electron chi connectivity index (χ2n) is 5.81. The SMILES string of the molecule is CCC1CCC(CNC(=O)[C@H](N)C(C)C)CC1. The summed E-state index contributed by atoms with van der Waals surface area (Å²) in [5, 5.41) is 3.00. The summed E-state index contributed by atoms with van der Waals surface area (Å²) in [6.45, 7) is 7.05. The highest BCUT2D eigenvalue weighted by molar-refractivity contribution is 5.81. The van der Waals surface area contributed by atoms with Gasteiger partial charge < -0.3 is 11.1 Å². The third-order valence-electron chi connectivity index (χ3n) is 4.13. The van der Waals surface area contributed by atoms with Crippen molar-refractivity contribution < 1.29 is 4.79 Å². The normalized spacial score (nSPS) is 26.9. The zero-order valence-electron chi connectivity index (χ0n) is 11.5. The maximum absolute atomic E-state index is 11.7. The Hall–Kier alpha value is -0.570. The molecule has 1 amide bonds. The average molecular weight is 240 g/mol. The van der Waals surface area contributed by atoms with Crippen molar-refractivity contribution in [3.05, 3.63) is 0 Å². The van der Waals surface area contributed by atoms with Crippen LogP contribution in [0, 0.1) is 17.8 Å². The van der Waals surface area contributed by atoms with Gasteiger partial charge in [-0.1, -0.05) is 40.0 Å². The van der Waals surface area contributed by atoms with Crippen molar-refractivity contribution in [1.29, 1.82) is 0 Å².